The first-order chi connectivity index (χ1) is 8.82. The predicted molar refractivity (Wildman–Crippen MR) is 76.0 cm³/mol. The number of piperidine rings is 3. The van der Waals surface area contributed by atoms with Crippen LogP contribution in [0.5, 0.6) is 0 Å². The lowest BCUT2D eigenvalue weighted by Crippen LogP contribution is -2.50. The molecule has 1 aromatic rings. The summed E-state index contributed by atoms with van der Waals surface area (Å²) in [4.78, 5) is 2.61. The van der Waals surface area contributed by atoms with Crippen LogP contribution in [-0.2, 0) is 11.8 Å². The first-order valence-corrected chi connectivity index (χ1v) is 7.29. The second-order valence-electron chi connectivity index (χ2n) is 5.92. The van der Waals surface area contributed by atoms with Gasteiger partial charge < -0.3 is 10.2 Å². The zero-order valence-corrected chi connectivity index (χ0v) is 11.4. The topological polar surface area (TPSA) is 15.3 Å². The van der Waals surface area contributed by atoms with E-state index in [4.69, 9.17) is 0 Å². The Hall–Kier alpha value is -0.860. The quantitative estimate of drug-likeness (QED) is 0.873. The molecule has 0 aromatic heterocycles. The average molecular weight is 244 g/mol. The number of fused-ring (bicyclic) bond motifs is 3. The van der Waals surface area contributed by atoms with E-state index in [0.29, 0.717) is 5.41 Å². The maximum Gasteiger partial charge on any atom is -0.00102 e. The molecule has 3 fully saturated rings. The van der Waals surface area contributed by atoms with Gasteiger partial charge in [-0.2, -0.15) is 0 Å². The summed E-state index contributed by atoms with van der Waals surface area (Å²) < 4.78 is 0. The molecule has 3 aliphatic heterocycles. The maximum absolute atomic E-state index is 3.21. The summed E-state index contributed by atoms with van der Waals surface area (Å²) >= 11 is 0. The molecule has 0 aliphatic carbocycles. The van der Waals surface area contributed by atoms with Crippen LogP contribution in [0.4, 0.5) is 0 Å². The minimum absolute atomic E-state index is 0.510. The molecule has 0 spiro atoms. The minimum Gasteiger partial charge on any atom is -0.319 e. The normalized spacial score (nSPS) is 30.6. The van der Waals surface area contributed by atoms with Gasteiger partial charge in [0.15, 0.2) is 0 Å². The van der Waals surface area contributed by atoms with E-state index < -0.39 is 0 Å². The van der Waals surface area contributed by atoms with Gasteiger partial charge in [-0.1, -0.05) is 24.3 Å². The van der Waals surface area contributed by atoms with E-state index >= 15 is 0 Å². The molecule has 3 aliphatic rings. The van der Waals surface area contributed by atoms with Gasteiger partial charge in [-0.25, -0.2) is 0 Å². The van der Waals surface area contributed by atoms with Crippen molar-refractivity contribution in [2.75, 3.05) is 33.2 Å². The Morgan fingerprint density at radius 1 is 1.06 bits per heavy atom. The molecule has 0 amide bonds. The van der Waals surface area contributed by atoms with Crippen LogP contribution in [0.1, 0.15) is 30.4 Å². The number of hydrogen-bond acceptors (Lipinski definition) is 2. The molecule has 2 heteroatoms. The van der Waals surface area contributed by atoms with Gasteiger partial charge in [0.2, 0.25) is 0 Å². The van der Waals surface area contributed by atoms with Crippen molar-refractivity contribution in [2.45, 2.75) is 31.1 Å². The van der Waals surface area contributed by atoms with Gasteiger partial charge in [-0.3, -0.25) is 0 Å². The van der Waals surface area contributed by atoms with Crippen molar-refractivity contribution in [1.29, 1.82) is 0 Å². The molecule has 3 heterocycles. The Morgan fingerprint density at radius 2 is 1.67 bits per heavy atom. The lowest BCUT2D eigenvalue weighted by molar-refractivity contribution is 0.0818. The summed E-state index contributed by atoms with van der Waals surface area (Å²) in [6, 6.07) is 9.46. The number of rotatable bonds is 4. The van der Waals surface area contributed by atoms with Crippen molar-refractivity contribution in [1.82, 2.24) is 10.2 Å². The fourth-order valence-electron chi connectivity index (χ4n) is 3.55. The summed E-state index contributed by atoms with van der Waals surface area (Å²) in [5.41, 5.74) is 3.56. The predicted octanol–water partition coefficient (Wildman–Crippen LogP) is 2.19. The molecular formula is C16H24N2. The number of hydrogen-bond donors (Lipinski definition) is 1. The van der Waals surface area contributed by atoms with Crippen molar-refractivity contribution in [3.05, 3.63) is 35.4 Å². The number of nitrogens with zero attached hydrogens (tertiary/aromatic N) is 1. The Labute approximate surface area is 110 Å². The van der Waals surface area contributed by atoms with Gasteiger partial charge in [-0.15, -0.1) is 0 Å². The zero-order valence-electron chi connectivity index (χ0n) is 11.4. The Kier molecular flexibility index (Phi) is 3.40. The summed E-state index contributed by atoms with van der Waals surface area (Å²) in [6.07, 6.45) is 5.23. The third-order valence-corrected chi connectivity index (χ3v) is 4.95. The fourth-order valence-corrected chi connectivity index (χ4v) is 3.55. The van der Waals surface area contributed by atoms with Crippen LogP contribution in [0.25, 0.3) is 0 Å². The monoisotopic (exact) mass is 244 g/mol. The van der Waals surface area contributed by atoms with Crippen molar-refractivity contribution in [3.63, 3.8) is 0 Å². The summed E-state index contributed by atoms with van der Waals surface area (Å²) in [5.74, 6) is 0. The van der Waals surface area contributed by atoms with Gasteiger partial charge in [0, 0.05) is 0 Å². The zero-order chi connectivity index (χ0) is 12.4. The highest BCUT2D eigenvalue weighted by Crippen LogP contribution is 2.42. The molecule has 3 saturated heterocycles. The summed E-state index contributed by atoms with van der Waals surface area (Å²) in [6.45, 7) is 4.99. The van der Waals surface area contributed by atoms with Gasteiger partial charge >= 0.3 is 0 Å². The SMILES string of the molecule is CNCCc1ccc(C23CCN(CC2)CC3)cc1. The maximum atomic E-state index is 3.21. The molecule has 98 valence electrons. The molecule has 2 bridgehead atoms. The van der Waals surface area contributed by atoms with Crippen LogP contribution in [0.3, 0.4) is 0 Å². The highest BCUT2D eigenvalue weighted by Gasteiger charge is 2.40. The molecule has 2 nitrogen and oxygen atoms in total. The number of benzene rings is 1. The van der Waals surface area contributed by atoms with Crippen LogP contribution in [0.2, 0.25) is 0 Å². The lowest BCUT2D eigenvalue weighted by atomic mass is 9.67. The van der Waals surface area contributed by atoms with Crippen molar-refractivity contribution in [2.24, 2.45) is 0 Å². The third-order valence-electron chi connectivity index (χ3n) is 4.95. The highest BCUT2D eigenvalue weighted by atomic mass is 15.1. The molecular weight excluding hydrogens is 220 g/mol. The molecule has 4 rings (SSSR count). The smallest absolute Gasteiger partial charge is 0.00102 e. The molecule has 1 N–H and O–H groups in total. The first-order valence-electron chi connectivity index (χ1n) is 7.29. The van der Waals surface area contributed by atoms with E-state index in [1.54, 1.807) is 5.56 Å². The van der Waals surface area contributed by atoms with E-state index in [9.17, 15) is 0 Å². The Bertz CT molecular complexity index is 374. The molecule has 0 atom stereocenters. The lowest BCUT2D eigenvalue weighted by Gasteiger charge is -2.49. The van der Waals surface area contributed by atoms with E-state index in [1.807, 2.05) is 7.05 Å². The van der Waals surface area contributed by atoms with E-state index in [2.05, 4.69) is 34.5 Å². The van der Waals surface area contributed by atoms with Crippen LogP contribution < -0.4 is 5.32 Å². The fraction of sp³-hybridized carbons (Fsp3) is 0.625. The molecule has 0 unspecified atom stereocenters. The summed E-state index contributed by atoms with van der Waals surface area (Å²) in [7, 11) is 2.02. The average Bonchev–Trinajstić information content (AvgIpc) is 2.47. The van der Waals surface area contributed by atoms with Crippen LogP contribution in [0, 0.1) is 0 Å². The van der Waals surface area contributed by atoms with Gasteiger partial charge in [0.05, 0.1) is 0 Å². The molecule has 1 aromatic carbocycles. The standard InChI is InChI=1S/C16H24N2/c1-17-10-6-14-2-4-15(5-3-14)16-7-11-18(12-8-16)13-9-16/h2-5,17H,6-13H2,1H3. The third kappa shape index (κ3) is 2.19. The second-order valence-corrected chi connectivity index (χ2v) is 5.92. The highest BCUT2D eigenvalue weighted by molar-refractivity contribution is 5.31. The van der Waals surface area contributed by atoms with Gasteiger partial charge in [0.25, 0.3) is 0 Å². The van der Waals surface area contributed by atoms with E-state index in [-0.39, 0.29) is 0 Å². The molecule has 18 heavy (non-hydrogen) atoms. The van der Waals surface area contributed by atoms with Crippen molar-refractivity contribution >= 4 is 0 Å². The first kappa shape index (κ1) is 12.2. The molecule has 0 saturated carbocycles. The van der Waals surface area contributed by atoms with E-state index in [0.717, 1.165) is 13.0 Å². The second kappa shape index (κ2) is 5.02. The van der Waals surface area contributed by atoms with Gasteiger partial charge in [0.1, 0.15) is 0 Å². The number of nitrogens with one attached hydrogen (secondary N) is 1. The van der Waals surface area contributed by atoms with Gasteiger partial charge in [-0.05, 0) is 75.5 Å². The largest absolute Gasteiger partial charge is 0.319 e. The Morgan fingerprint density at radius 3 is 2.22 bits per heavy atom. The molecule has 0 radical (unpaired) electrons. The van der Waals surface area contributed by atoms with Crippen molar-refractivity contribution < 1.29 is 0 Å². The minimum atomic E-state index is 0.510. The van der Waals surface area contributed by atoms with E-state index in [1.165, 1.54) is 44.5 Å². The van der Waals surface area contributed by atoms with Crippen molar-refractivity contribution in [3.8, 4) is 0 Å². The van der Waals surface area contributed by atoms with Crippen LogP contribution in [-0.4, -0.2) is 38.1 Å². The Balaban J connectivity index is 1.75. The number of likely N-dealkylation sites (N-methyl/N-ethyl adjacent to an activating group) is 1. The summed E-state index contributed by atoms with van der Waals surface area (Å²) in [5, 5.41) is 3.21. The van der Waals surface area contributed by atoms with Crippen LogP contribution >= 0.6 is 0 Å². The van der Waals surface area contributed by atoms with Crippen LogP contribution in [0.15, 0.2) is 24.3 Å².